The zero-order valence-electron chi connectivity index (χ0n) is 7.55. The summed E-state index contributed by atoms with van der Waals surface area (Å²) in [5, 5.41) is 0.963. The zero-order chi connectivity index (χ0) is 9.80. The summed E-state index contributed by atoms with van der Waals surface area (Å²) in [6.45, 7) is 0. The van der Waals surface area contributed by atoms with Gasteiger partial charge in [0.2, 0.25) is 0 Å². The second-order valence-electron chi connectivity index (χ2n) is 2.81. The van der Waals surface area contributed by atoms with Crippen molar-refractivity contribution in [3.63, 3.8) is 0 Å². The largest absolute Gasteiger partial charge is 0.398 e. The Labute approximate surface area is 87.2 Å². The number of hydrogen-bond acceptors (Lipinski definition) is 3. The van der Waals surface area contributed by atoms with Crippen LogP contribution in [0.5, 0.6) is 0 Å². The third-order valence-corrected chi connectivity index (χ3v) is 2.81. The molecule has 0 aliphatic rings. The van der Waals surface area contributed by atoms with E-state index in [2.05, 4.69) is 4.98 Å². The molecule has 0 saturated carbocycles. The van der Waals surface area contributed by atoms with Crippen LogP contribution < -0.4 is 5.73 Å². The monoisotopic (exact) mass is 202 g/mol. The Balaban J connectivity index is 2.24. The van der Waals surface area contributed by atoms with Crippen LogP contribution in [0.15, 0.2) is 58.6 Å². The summed E-state index contributed by atoms with van der Waals surface area (Å²) in [6.07, 6.45) is 1.78. The predicted octanol–water partition coefficient (Wildman–Crippen LogP) is 2.82. The topological polar surface area (TPSA) is 38.9 Å². The third-order valence-electron chi connectivity index (χ3n) is 1.77. The van der Waals surface area contributed by atoms with Crippen LogP contribution in [-0.2, 0) is 0 Å². The van der Waals surface area contributed by atoms with E-state index in [1.165, 1.54) is 0 Å². The zero-order valence-corrected chi connectivity index (χ0v) is 8.37. The molecule has 0 radical (unpaired) electrons. The van der Waals surface area contributed by atoms with Gasteiger partial charge in [0, 0.05) is 16.8 Å². The first-order valence-corrected chi connectivity index (χ1v) is 5.11. The van der Waals surface area contributed by atoms with Gasteiger partial charge in [0.05, 0.1) is 0 Å². The minimum atomic E-state index is 0.795. The number of anilines is 1. The maximum absolute atomic E-state index is 5.82. The average molecular weight is 202 g/mol. The van der Waals surface area contributed by atoms with Crippen LogP contribution in [0.3, 0.4) is 0 Å². The molecule has 1 aromatic heterocycles. The molecule has 0 bridgehead atoms. The molecule has 3 heteroatoms. The molecule has 1 aromatic carbocycles. The van der Waals surface area contributed by atoms with Crippen LogP contribution >= 0.6 is 11.8 Å². The molecule has 2 nitrogen and oxygen atoms in total. The molecule has 1 heterocycles. The van der Waals surface area contributed by atoms with Gasteiger partial charge in [0.25, 0.3) is 0 Å². The van der Waals surface area contributed by atoms with Crippen LogP contribution in [0, 0.1) is 0 Å². The van der Waals surface area contributed by atoms with Gasteiger partial charge < -0.3 is 5.73 Å². The van der Waals surface area contributed by atoms with Crippen molar-refractivity contribution in [3.05, 3.63) is 48.7 Å². The summed E-state index contributed by atoms with van der Waals surface area (Å²) in [6, 6.07) is 13.6. The highest BCUT2D eigenvalue weighted by molar-refractivity contribution is 7.99. The van der Waals surface area contributed by atoms with Gasteiger partial charge in [-0.25, -0.2) is 4.98 Å². The van der Waals surface area contributed by atoms with E-state index in [0.717, 1.165) is 15.6 Å². The normalized spacial score (nSPS) is 10.0. The average Bonchev–Trinajstić information content (AvgIpc) is 2.23. The van der Waals surface area contributed by atoms with Gasteiger partial charge >= 0.3 is 0 Å². The molecule has 2 rings (SSSR count). The van der Waals surface area contributed by atoms with Crippen molar-refractivity contribution in [1.29, 1.82) is 0 Å². The lowest BCUT2D eigenvalue weighted by molar-refractivity contribution is 1.13. The van der Waals surface area contributed by atoms with Gasteiger partial charge in [-0.05, 0) is 24.3 Å². The summed E-state index contributed by atoms with van der Waals surface area (Å²) >= 11 is 1.58. The predicted molar refractivity (Wildman–Crippen MR) is 59.2 cm³/mol. The summed E-state index contributed by atoms with van der Waals surface area (Å²) < 4.78 is 0. The molecule has 2 aromatic rings. The third kappa shape index (κ3) is 2.06. The molecule has 70 valence electrons. The second-order valence-corrected chi connectivity index (χ2v) is 3.87. The van der Waals surface area contributed by atoms with Crippen LogP contribution in [0.25, 0.3) is 0 Å². The number of nitrogen functional groups attached to an aromatic ring is 1. The maximum atomic E-state index is 5.82. The van der Waals surface area contributed by atoms with Crippen molar-refractivity contribution in [2.45, 2.75) is 9.92 Å². The van der Waals surface area contributed by atoms with E-state index in [9.17, 15) is 0 Å². The van der Waals surface area contributed by atoms with E-state index < -0.39 is 0 Å². The molecule has 0 unspecified atom stereocenters. The number of para-hydroxylation sites is 1. The molecule has 0 spiro atoms. The lowest BCUT2D eigenvalue weighted by Crippen LogP contribution is -1.87. The first-order chi connectivity index (χ1) is 6.86. The van der Waals surface area contributed by atoms with E-state index >= 15 is 0 Å². The SMILES string of the molecule is Nc1ccccc1Sc1ccccn1. The number of rotatable bonds is 2. The molecule has 0 fully saturated rings. The maximum Gasteiger partial charge on any atom is 0.101 e. The molecular weight excluding hydrogens is 192 g/mol. The fourth-order valence-electron chi connectivity index (χ4n) is 1.09. The Bertz CT molecular complexity index is 415. The molecule has 0 aliphatic carbocycles. The van der Waals surface area contributed by atoms with Gasteiger partial charge in [-0.3, -0.25) is 0 Å². The van der Waals surface area contributed by atoms with E-state index in [1.807, 2.05) is 42.5 Å². The quantitative estimate of drug-likeness (QED) is 0.761. The van der Waals surface area contributed by atoms with Crippen LogP contribution in [0.2, 0.25) is 0 Å². The Morgan fingerprint density at radius 2 is 1.79 bits per heavy atom. The Morgan fingerprint density at radius 3 is 2.50 bits per heavy atom. The summed E-state index contributed by atoms with van der Waals surface area (Å²) in [7, 11) is 0. The van der Waals surface area contributed by atoms with Crippen molar-refractivity contribution in [2.75, 3.05) is 5.73 Å². The fourth-order valence-corrected chi connectivity index (χ4v) is 1.91. The lowest BCUT2D eigenvalue weighted by atomic mass is 10.3. The number of aromatic nitrogens is 1. The lowest BCUT2D eigenvalue weighted by Gasteiger charge is -2.02. The number of hydrogen-bond donors (Lipinski definition) is 1. The second kappa shape index (κ2) is 4.15. The highest BCUT2D eigenvalue weighted by Gasteiger charge is 2.00. The molecule has 0 amide bonds. The minimum absolute atomic E-state index is 0.795. The van der Waals surface area contributed by atoms with E-state index in [-0.39, 0.29) is 0 Å². The summed E-state index contributed by atoms with van der Waals surface area (Å²) in [4.78, 5) is 5.27. The van der Waals surface area contributed by atoms with Gasteiger partial charge in [-0.15, -0.1) is 0 Å². The van der Waals surface area contributed by atoms with Crippen LogP contribution in [0.1, 0.15) is 0 Å². The number of benzene rings is 1. The highest BCUT2D eigenvalue weighted by Crippen LogP contribution is 2.29. The Hall–Kier alpha value is -1.48. The molecule has 2 N–H and O–H groups in total. The van der Waals surface area contributed by atoms with Crippen molar-refractivity contribution >= 4 is 17.4 Å². The molecule has 0 saturated heterocycles. The first kappa shape index (κ1) is 9.09. The van der Waals surface area contributed by atoms with Gasteiger partial charge in [0.15, 0.2) is 0 Å². The Kier molecular flexibility index (Phi) is 2.70. The molecule has 0 aliphatic heterocycles. The first-order valence-electron chi connectivity index (χ1n) is 4.29. The molecular formula is C11H10N2S. The standard InChI is InChI=1S/C11H10N2S/c12-9-5-1-2-6-10(9)14-11-7-3-4-8-13-11/h1-8H,12H2. The van der Waals surface area contributed by atoms with Crippen molar-refractivity contribution in [3.8, 4) is 0 Å². The Morgan fingerprint density at radius 1 is 1.00 bits per heavy atom. The highest BCUT2D eigenvalue weighted by atomic mass is 32.2. The van der Waals surface area contributed by atoms with Crippen LogP contribution in [0.4, 0.5) is 5.69 Å². The van der Waals surface area contributed by atoms with Crippen molar-refractivity contribution in [1.82, 2.24) is 4.98 Å². The smallest absolute Gasteiger partial charge is 0.101 e. The molecule has 0 atom stereocenters. The summed E-state index contributed by atoms with van der Waals surface area (Å²) in [5.41, 5.74) is 6.61. The number of nitrogens with two attached hydrogens (primary N) is 1. The van der Waals surface area contributed by atoms with Gasteiger partial charge in [-0.1, -0.05) is 30.0 Å². The van der Waals surface area contributed by atoms with Gasteiger partial charge in [-0.2, -0.15) is 0 Å². The number of pyridine rings is 1. The van der Waals surface area contributed by atoms with Gasteiger partial charge in [0.1, 0.15) is 5.03 Å². The van der Waals surface area contributed by atoms with E-state index in [1.54, 1.807) is 18.0 Å². The van der Waals surface area contributed by atoms with E-state index in [4.69, 9.17) is 5.73 Å². The number of nitrogens with zero attached hydrogens (tertiary/aromatic N) is 1. The van der Waals surface area contributed by atoms with Crippen molar-refractivity contribution in [2.24, 2.45) is 0 Å². The van der Waals surface area contributed by atoms with Crippen molar-refractivity contribution < 1.29 is 0 Å². The fraction of sp³-hybridized carbons (Fsp3) is 0. The minimum Gasteiger partial charge on any atom is -0.398 e. The molecule has 14 heavy (non-hydrogen) atoms. The van der Waals surface area contributed by atoms with E-state index in [0.29, 0.717) is 0 Å². The summed E-state index contributed by atoms with van der Waals surface area (Å²) in [5.74, 6) is 0. The van der Waals surface area contributed by atoms with Crippen LogP contribution in [-0.4, -0.2) is 4.98 Å².